The molecule has 0 spiro atoms. The van der Waals surface area contributed by atoms with Crippen molar-refractivity contribution in [2.75, 3.05) is 39.3 Å². The molecule has 2 fully saturated rings. The van der Waals surface area contributed by atoms with Crippen LogP contribution in [0.1, 0.15) is 48.1 Å². The summed E-state index contributed by atoms with van der Waals surface area (Å²) in [5, 5.41) is 0. The number of piperidine rings is 1. The molecule has 4 rings (SSSR count). The molecule has 1 unspecified atom stereocenters. The predicted molar refractivity (Wildman–Crippen MR) is 125 cm³/mol. The monoisotopic (exact) mass is 420 g/mol. The second-order valence-electron chi connectivity index (χ2n) is 9.30. The van der Waals surface area contributed by atoms with Gasteiger partial charge in [-0.25, -0.2) is 0 Å². The molecule has 1 amide bonds. The Hall–Kier alpha value is -2.24. The van der Waals surface area contributed by atoms with E-state index in [2.05, 4.69) is 70.8 Å². The SMILES string of the molecule is Cc1ccc(C(C)N2CCN(C(=O)C3CCN(Cc4ccncc4)CC3)CC2)c(C)c1. The van der Waals surface area contributed by atoms with Crippen molar-refractivity contribution >= 4 is 5.91 Å². The normalized spacial score (nSPS) is 20.0. The summed E-state index contributed by atoms with van der Waals surface area (Å²) in [6, 6.07) is 11.3. The number of nitrogens with zero attached hydrogens (tertiary/aromatic N) is 4. The van der Waals surface area contributed by atoms with Crippen molar-refractivity contribution in [3.05, 3.63) is 65.0 Å². The molecule has 0 radical (unpaired) electrons. The number of amides is 1. The summed E-state index contributed by atoms with van der Waals surface area (Å²) in [7, 11) is 0. The fraction of sp³-hybridized carbons (Fsp3) is 0.538. The summed E-state index contributed by atoms with van der Waals surface area (Å²) in [6.07, 6.45) is 5.66. The minimum absolute atomic E-state index is 0.192. The van der Waals surface area contributed by atoms with Crippen molar-refractivity contribution in [2.24, 2.45) is 5.92 Å². The lowest BCUT2D eigenvalue weighted by molar-refractivity contribution is -0.139. The number of carbonyl (C=O) groups excluding carboxylic acids is 1. The van der Waals surface area contributed by atoms with E-state index in [0.717, 1.165) is 58.7 Å². The topological polar surface area (TPSA) is 39.7 Å². The van der Waals surface area contributed by atoms with Crippen LogP contribution in [0, 0.1) is 19.8 Å². The van der Waals surface area contributed by atoms with Crippen LogP contribution in [0.3, 0.4) is 0 Å². The van der Waals surface area contributed by atoms with E-state index >= 15 is 0 Å². The third-order valence-corrected chi connectivity index (χ3v) is 7.14. The van der Waals surface area contributed by atoms with Crippen LogP contribution < -0.4 is 0 Å². The molecule has 2 aliphatic rings. The molecule has 31 heavy (non-hydrogen) atoms. The van der Waals surface area contributed by atoms with Gasteiger partial charge in [0, 0.05) is 57.1 Å². The Morgan fingerprint density at radius 3 is 2.32 bits per heavy atom. The number of carbonyl (C=O) groups is 1. The summed E-state index contributed by atoms with van der Waals surface area (Å²) in [4.78, 5) is 24.3. The van der Waals surface area contributed by atoms with E-state index in [0.29, 0.717) is 11.9 Å². The molecular formula is C26H36N4O. The van der Waals surface area contributed by atoms with Gasteiger partial charge in [0.25, 0.3) is 0 Å². The third-order valence-electron chi connectivity index (χ3n) is 7.14. The maximum absolute atomic E-state index is 13.1. The smallest absolute Gasteiger partial charge is 0.225 e. The first-order chi connectivity index (χ1) is 15.0. The minimum atomic E-state index is 0.192. The highest BCUT2D eigenvalue weighted by molar-refractivity contribution is 5.79. The maximum Gasteiger partial charge on any atom is 0.225 e. The maximum atomic E-state index is 13.1. The van der Waals surface area contributed by atoms with Gasteiger partial charge in [-0.1, -0.05) is 23.8 Å². The van der Waals surface area contributed by atoms with Crippen LogP contribution in [0.4, 0.5) is 0 Å². The molecule has 166 valence electrons. The number of rotatable bonds is 5. The van der Waals surface area contributed by atoms with Crippen LogP contribution in [0.5, 0.6) is 0 Å². The average Bonchev–Trinajstić information content (AvgIpc) is 2.79. The van der Waals surface area contributed by atoms with Gasteiger partial charge in [-0.3, -0.25) is 19.6 Å². The van der Waals surface area contributed by atoms with E-state index in [1.807, 2.05) is 12.4 Å². The Balaban J connectivity index is 1.25. The molecule has 1 aromatic carbocycles. The standard InChI is InChI=1S/C26H36N4O/c1-20-4-5-25(21(2)18-20)22(3)29-14-16-30(17-15-29)26(31)24-8-12-28(13-9-24)19-23-6-10-27-11-7-23/h4-7,10-11,18,22,24H,8-9,12-17,19H2,1-3H3. The predicted octanol–water partition coefficient (Wildman–Crippen LogP) is 3.82. The molecule has 1 atom stereocenters. The first-order valence-electron chi connectivity index (χ1n) is 11.7. The van der Waals surface area contributed by atoms with Gasteiger partial charge < -0.3 is 4.90 Å². The van der Waals surface area contributed by atoms with Crippen LogP contribution in [-0.2, 0) is 11.3 Å². The minimum Gasteiger partial charge on any atom is -0.340 e. The zero-order chi connectivity index (χ0) is 21.8. The summed E-state index contributed by atoms with van der Waals surface area (Å²) in [5.41, 5.74) is 5.39. The molecule has 5 nitrogen and oxygen atoms in total. The number of aryl methyl sites for hydroxylation is 2. The number of hydrogen-bond acceptors (Lipinski definition) is 4. The van der Waals surface area contributed by atoms with Gasteiger partial charge in [0.1, 0.15) is 0 Å². The lowest BCUT2D eigenvalue weighted by atomic mass is 9.94. The number of aromatic nitrogens is 1. The lowest BCUT2D eigenvalue weighted by Crippen LogP contribution is -2.52. The van der Waals surface area contributed by atoms with Crippen LogP contribution in [0.15, 0.2) is 42.7 Å². The first-order valence-corrected chi connectivity index (χ1v) is 11.7. The Morgan fingerprint density at radius 1 is 1.00 bits per heavy atom. The molecule has 3 heterocycles. The van der Waals surface area contributed by atoms with Crippen LogP contribution in [-0.4, -0.2) is 64.9 Å². The van der Waals surface area contributed by atoms with Gasteiger partial charge in [0.05, 0.1) is 0 Å². The molecule has 1 aromatic heterocycles. The number of pyridine rings is 1. The largest absolute Gasteiger partial charge is 0.340 e. The molecular weight excluding hydrogens is 384 g/mol. The van der Waals surface area contributed by atoms with E-state index in [1.165, 1.54) is 22.3 Å². The van der Waals surface area contributed by atoms with Crippen molar-refractivity contribution in [1.29, 1.82) is 0 Å². The Labute approximate surface area is 187 Å². The van der Waals surface area contributed by atoms with E-state index in [9.17, 15) is 4.79 Å². The Morgan fingerprint density at radius 2 is 1.68 bits per heavy atom. The number of hydrogen-bond donors (Lipinski definition) is 0. The fourth-order valence-electron chi connectivity index (χ4n) is 5.16. The van der Waals surface area contributed by atoms with E-state index in [-0.39, 0.29) is 5.92 Å². The van der Waals surface area contributed by atoms with Crippen LogP contribution in [0.25, 0.3) is 0 Å². The molecule has 2 saturated heterocycles. The molecule has 0 N–H and O–H groups in total. The second kappa shape index (κ2) is 9.92. The van der Waals surface area contributed by atoms with Gasteiger partial charge in [0.15, 0.2) is 0 Å². The number of likely N-dealkylation sites (tertiary alicyclic amines) is 1. The Kier molecular flexibility index (Phi) is 7.03. The van der Waals surface area contributed by atoms with Crippen molar-refractivity contribution in [3.8, 4) is 0 Å². The van der Waals surface area contributed by atoms with Crippen LogP contribution >= 0.6 is 0 Å². The van der Waals surface area contributed by atoms with Crippen molar-refractivity contribution in [1.82, 2.24) is 19.7 Å². The summed E-state index contributed by atoms with van der Waals surface area (Å²) in [6.45, 7) is 13.2. The molecule has 0 bridgehead atoms. The van der Waals surface area contributed by atoms with Gasteiger partial charge >= 0.3 is 0 Å². The molecule has 5 heteroatoms. The van der Waals surface area contributed by atoms with E-state index < -0.39 is 0 Å². The molecule has 0 aliphatic carbocycles. The fourth-order valence-corrected chi connectivity index (χ4v) is 5.16. The lowest BCUT2D eigenvalue weighted by Gasteiger charge is -2.41. The van der Waals surface area contributed by atoms with E-state index in [1.54, 1.807) is 0 Å². The van der Waals surface area contributed by atoms with Crippen LogP contribution in [0.2, 0.25) is 0 Å². The van der Waals surface area contributed by atoms with Crippen molar-refractivity contribution in [2.45, 2.75) is 46.2 Å². The zero-order valence-electron chi connectivity index (χ0n) is 19.3. The molecule has 0 saturated carbocycles. The third kappa shape index (κ3) is 5.34. The quantitative estimate of drug-likeness (QED) is 0.737. The Bertz CT molecular complexity index is 868. The summed E-state index contributed by atoms with van der Waals surface area (Å²) < 4.78 is 0. The molecule has 2 aromatic rings. The molecule has 2 aliphatic heterocycles. The van der Waals surface area contributed by atoms with E-state index in [4.69, 9.17) is 0 Å². The van der Waals surface area contributed by atoms with Gasteiger partial charge in [-0.05, 0) is 75.5 Å². The van der Waals surface area contributed by atoms with Gasteiger partial charge in [0.2, 0.25) is 5.91 Å². The zero-order valence-corrected chi connectivity index (χ0v) is 19.3. The van der Waals surface area contributed by atoms with Crippen molar-refractivity contribution < 1.29 is 4.79 Å². The number of piperazine rings is 1. The summed E-state index contributed by atoms with van der Waals surface area (Å²) >= 11 is 0. The van der Waals surface area contributed by atoms with Gasteiger partial charge in [-0.15, -0.1) is 0 Å². The highest BCUT2D eigenvalue weighted by Gasteiger charge is 2.31. The highest BCUT2D eigenvalue weighted by atomic mass is 16.2. The summed E-state index contributed by atoms with van der Waals surface area (Å²) in [5.74, 6) is 0.569. The average molecular weight is 421 g/mol. The second-order valence-corrected chi connectivity index (χ2v) is 9.30. The number of benzene rings is 1. The van der Waals surface area contributed by atoms with Gasteiger partial charge in [-0.2, -0.15) is 0 Å². The highest BCUT2D eigenvalue weighted by Crippen LogP contribution is 2.27. The van der Waals surface area contributed by atoms with Crippen molar-refractivity contribution in [3.63, 3.8) is 0 Å². The first kappa shape index (κ1) is 22.0.